The fraction of sp³-hybridized carbons (Fsp3) is 0.381. The number of hydrogen-bond acceptors (Lipinski definition) is 3. The van der Waals surface area contributed by atoms with Gasteiger partial charge in [0, 0.05) is 19.0 Å². The monoisotopic (exact) mass is 320 g/mol. The minimum absolute atomic E-state index is 0.440. The SMILES string of the molecule is N#CCCCOc1cccc(CNC2CCCc3ccccc32)c1. The van der Waals surface area contributed by atoms with Crippen molar-refractivity contribution < 1.29 is 4.74 Å². The third kappa shape index (κ3) is 4.37. The Kier molecular flexibility index (Phi) is 5.87. The third-order valence-electron chi connectivity index (χ3n) is 4.52. The number of rotatable bonds is 7. The lowest BCUT2D eigenvalue weighted by molar-refractivity contribution is 0.312. The van der Waals surface area contributed by atoms with Crippen LogP contribution in [0.5, 0.6) is 5.75 Å². The first-order chi connectivity index (χ1) is 11.9. The number of hydrogen-bond donors (Lipinski definition) is 1. The van der Waals surface area contributed by atoms with Gasteiger partial charge in [0.05, 0.1) is 12.7 Å². The lowest BCUT2D eigenvalue weighted by Crippen LogP contribution is -2.24. The van der Waals surface area contributed by atoms with Crippen LogP contribution in [0, 0.1) is 11.3 Å². The quantitative estimate of drug-likeness (QED) is 0.762. The van der Waals surface area contributed by atoms with Crippen molar-refractivity contribution in [3.8, 4) is 11.8 Å². The van der Waals surface area contributed by atoms with Gasteiger partial charge in [0.2, 0.25) is 0 Å². The molecule has 2 aromatic carbocycles. The number of nitrogens with zero attached hydrogens (tertiary/aromatic N) is 1. The Labute approximate surface area is 144 Å². The molecule has 1 N–H and O–H groups in total. The van der Waals surface area contributed by atoms with E-state index in [2.05, 4.69) is 47.8 Å². The molecule has 0 spiro atoms. The number of ether oxygens (including phenoxy) is 1. The lowest BCUT2D eigenvalue weighted by atomic mass is 9.87. The van der Waals surface area contributed by atoms with E-state index in [9.17, 15) is 0 Å². The van der Waals surface area contributed by atoms with Crippen LogP contribution in [0.1, 0.15) is 48.4 Å². The molecule has 0 fully saturated rings. The molecule has 0 bridgehead atoms. The van der Waals surface area contributed by atoms with Gasteiger partial charge in [-0.25, -0.2) is 0 Å². The molecule has 0 saturated heterocycles. The Morgan fingerprint density at radius 2 is 2.08 bits per heavy atom. The van der Waals surface area contributed by atoms with Crippen LogP contribution in [0.4, 0.5) is 0 Å². The Bertz CT molecular complexity index is 705. The van der Waals surface area contributed by atoms with Crippen molar-refractivity contribution in [2.24, 2.45) is 0 Å². The molecule has 3 heteroatoms. The summed E-state index contributed by atoms with van der Waals surface area (Å²) in [4.78, 5) is 0. The molecule has 0 aromatic heterocycles. The molecule has 24 heavy (non-hydrogen) atoms. The van der Waals surface area contributed by atoms with E-state index in [1.165, 1.54) is 36.0 Å². The van der Waals surface area contributed by atoms with Gasteiger partial charge >= 0.3 is 0 Å². The lowest BCUT2D eigenvalue weighted by Gasteiger charge is -2.26. The third-order valence-corrected chi connectivity index (χ3v) is 4.52. The van der Waals surface area contributed by atoms with Gasteiger partial charge in [-0.05, 0) is 54.5 Å². The molecule has 0 saturated carbocycles. The maximum atomic E-state index is 8.56. The number of benzene rings is 2. The summed E-state index contributed by atoms with van der Waals surface area (Å²) in [6.07, 6.45) is 4.96. The Hall–Kier alpha value is -2.31. The molecule has 0 radical (unpaired) electrons. The second-order valence-electron chi connectivity index (χ2n) is 6.28. The Morgan fingerprint density at radius 1 is 1.17 bits per heavy atom. The van der Waals surface area contributed by atoms with Gasteiger partial charge in [-0.1, -0.05) is 36.4 Å². The largest absolute Gasteiger partial charge is 0.494 e. The van der Waals surface area contributed by atoms with Crippen molar-refractivity contribution in [1.82, 2.24) is 5.32 Å². The topological polar surface area (TPSA) is 45.0 Å². The predicted octanol–water partition coefficient (Wildman–Crippen LogP) is 4.54. The summed E-state index contributed by atoms with van der Waals surface area (Å²) in [5.41, 5.74) is 4.17. The van der Waals surface area contributed by atoms with E-state index in [1.807, 2.05) is 12.1 Å². The first-order valence-electron chi connectivity index (χ1n) is 8.76. The zero-order valence-corrected chi connectivity index (χ0v) is 14.0. The highest BCUT2D eigenvalue weighted by Crippen LogP contribution is 2.29. The molecule has 0 heterocycles. The van der Waals surface area contributed by atoms with E-state index >= 15 is 0 Å². The number of unbranched alkanes of at least 4 members (excludes halogenated alkanes) is 1. The van der Waals surface area contributed by atoms with E-state index in [0.717, 1.165) is 18.7 Å². The molecular formula is C21H24N2O. The van der Waals surface area contributed by atoms with Crippen LogP contribution < -0.4 is 10.1 Å². The van der Waals surface area contributed by atoms with Gasteiger partial charge in [-0.15, -0.1) is 0 Å². The molecule has 0 amide bonds. The minimum atomic E-state index is 0.440. The van der Waals surface area contributed by atoms with Crippen LogP contribution in [0.3, 0.4) is 0 Å². The van der Waals surface area contributed by atoms with Gasteiger partial charge in [-0.2, -0.15) is 5.26 Å². The summed E-state index contributed by atoms with van der Waals surface area (Å²) in [6.45, 7) is 1.44. The summed E-state index contributed by atoms with van der Waals surface area (Å²) in [5, 5.41) is 12.3. The van der Waals surface area contributed by atoms with Crippen LogP contribution >= 0.6 is 0 Å². The maximum absolute atomic E-state index is 8.56. The van der Waals surface area contributed by atoms with Gasteiger partial charge < -0.3 is 10.1 Å². The molecule has 1 aliphatic rings. The van der Waals surface area contributed by atoms with Crippen molar-refractivity contribution in [2.75, 3.05) is 6.61 Å². The molecule has 3 rings (SSSR count). The van der Waals surface area contributed by atoms with Gasteiger partial charge in [-0.3, -0.25) is 0 Å². The Balaban J connectivity index is 1.56. The van der Waals surface area contributed by atoms with E-state index in [1.54, 1.807) is 0 Å². The number of nitrogens with one attached hydrogen (secondary N) is 1. The average Bonchev–Trinajstić information content (AvgIpc) is 2.64. The normalized spacial score (nSPS) is 16.2. The van der Waals surface area contributed by atoms with Crippen molar-refractivity contribution in [2.45, 2.75) is 44.7 Å². The van der Waals surface area contributed by atoms with E-state index in [-0.39, 0.29) is 0 Å². The fourth-order valence-electron chi connectivity index (χ4n) is 3.29. The predicted molar refractivity (Wildman–Crippen MR) is 95.7 cm³/mol. The van der Waals surface area contributed by atoms with Gasteiger partial charge in [0.15, 0.2) is 0 Å². The highest BCUT2D eigenvalue weighted by molar-refractivity contribution is 5.33. The summed E-state index contributed by atoms with van der Waals surface area (Å²) in [7, 11) is 0. The summed E-state index contributed by atoms with van der Waals surface area (Å²) in [5.74, 6) is 0.885. The van der Waals surface area contributed by atoms with E-state index in [4.69, 9.17) is 10.00 Å². The Morgan fingerprint density at radius 3 is 3.00 bits per heavy atom. The molecular weight excluding hydrogens is 296 g/mol. The summed E-state index contributed by atoms with van der Waals surface area (Å²) < 4.78 is 5.72. The van der Waals surface area contributed by atoms with E-state index < -0.39 is 0 Å². The molecule has 124 valence electrons. The number of aryl methyl sites for hydroxylation is 1. The average molecular weight is 320 g/mol. The summed E-state index contributed by atoms with van der Waals surface area (Å²) in [6, 6.07) is 19.6. The zero-order valence-electron chi connectivity index (χ0n) is 14.0. The number of fused-ring (bicyclic) bond motifs is 1. The molecule has 1 unspecified atom stereocenters. The van der Waals surface area contributed by atoms with Crippen molar-refractivity contribution >= 4 is 0 Å². The zero-order chi connectivity index (χ0) is 16.6. The summed E-state index contributed by atoms with van der Waals surface area (Å²) >= 11 is 0. The standard InChI is InChI=1S/C21H24N2O/c22-13-3-4-14-24-19-10-5-7-17(15-19)16-23-21-12-6-9-18-8-1-2-11-20(18)21/h1-2,5,7-8,10-11,15,21,23H,3-4,6,9,12,14,16H2. The molecule has 2 aromatic rings. The van der Waals surface area contributed by atoms with E-state index in [0.29, 0.717) is 19.1 Å². The first-order valence-corrected chi connectivity index (χ1v) is 8.76. The van der Waals surface area contributed by atoms with Gasteiger partial charge in [0.25, 0.3) is 0 Å². The number of nitriles is 1. The molecule has 1 atom stereocenters. The van der Waals surface area contributed by atoms with Crippen molar-refractivity contribution in [3.05, 3.63) is 65.2 Å². The highest BCUT2D eigenvalue weighted by Gasteiger charge is 2.18. The second kappa shape index (κ2) is 8.52. The van der Waals surface area contributed by atoms with Crippen molar-refractivity contribution in [1.29, 1.82) is 5.26 Å². The maximum Gasteiger partial charge on any atom is 0.119 e. The van der Waals surface area contributed by atoms with Crippen LogP contribution in [-0.4, -0.2) is 6.61 Å². The second-order valence-corrected chi connectivity index (χ2v) is 6.28. The van der Waals surface area contributed by atoms with Gasteiger partial charge in [0.1, 0.15) is 5.75 Å². The molecule has 3 nitrogen and oxygen atoms in total. The smallest absolute Gasteiger partial charge is 0.119 e. The molecule has 1 aliphatic carbocycles. The minimum Gasteiger partial charge on any atom is -0.494 e. The fourth-order valence-corrected chi connectivity index (χ4v) is 3.29. The van der Waals surface area contributed by atoms with Crippen LogP contribution in [0.2, 0.25) is 0 Å². The van der Waals surface area contributed by atoms with Crippen LogP contribution in [-0.2, 0) is 13.0 Å². The van der Waals surface area contributed by atoms with Crippen LogP contribution in [0.15, 0.2) is 48.5 Å². The first kappa shape index (κ1) is 16.5. The highest BCUT2D eigenvalue weighted by atomic mass is 16.5. The van der Waals surface area contributed by atoms with Crippen molar-refractivity contribution in [3.63, 3.8) is 0 Å². The molecule has 0 aliphatic heterocycles. The van der Waals surface area contributed by atoms with Crippen LogP contribution in [0.25, 0.3) is 0 Å².